The maximum absolute atomic E-state index is 12.6. The minimum atomic E-state index is -1.06. The fraction of sp³-hybridized carbons (Fsp3) is 0.368. The van der Waals surface area contributed by atoms with E-state index in [1.165, 1.54) is 18.7 Å². The molecule has 1 aromatic heterocycles. The highest BCUT2D eigenvalue weighted by atomic mass is 32.2. The van der Waals surface area contributed by atoms with Crippen LogP contribution in [0.15, 0.2) is 33.7 Å². The Bertz CT molecular complexity index is 891. The van der Waals surface area contributed by atoms with Gasteiger partial charge in [-0.1, -0.05) is 17.3 Å². The number of aromatic nitrogens is 1. The van der Waals surface area contributed by atoms with Crippen LogP contribution in [0.25, 0.3) is 0 Å². The summed E-state index contributed by atoms with van der Waals surface area (Å²) in [5, 5.41) is 6.48. The number of benzene rings is 1. The number of rotatable bonds is 6. The summed E-state index contributed by atoms with van der Waals surface area (Å²) in [5.41, 5.74) is 2.16. The Kier molecular flexibility index (Phi) is 6.03. The van der Waals surface area contributed by atoms with Crippen LogP contribution in [0, 0.1) is 13.8 Å². The quantitative estimate of drug-likeness (QED) is 0.584. The van der Waals surface area contributed by atoms with Crippen molar-refractivity contribution >= 4 is 29.7 Å². The molecule has 148 valence electrons. The van der Waals surface area contributed by atoms with Gasteiger partial charge < -0.3 is 14.6 Å². The van der Waals surface area contributed by atoms with Crippen LogP contribution < -0.4 is 5.32 Å². The first-order valence-electron chi connectivity index (χ1n) is 8.82. The van der Waals surface area contributed by atoms with Gasteiger partial charge in [0.05, 0.1) is 11.3 Å². The van der Waals surface area contributed by atoms with E-state index in [1.54, 1.807) is 12.1 Å². The Hall–Kier alpha value is -2.81. The van der Waals surface area contributed by atoms with Crippen LogP contribution in [0.5, 0.6) is 0 Å². The fourth-order valence-electron chi connectivity index (χ4n) is 2.79. The van der Waals surface area contributed by atoms with Crippen LogP contribution in [0.1, 0.15) is 34.3 Å². The molecule has 8 nitrogen and oxygen atoms in total. The number of nitrogens with one attached hydrogen (secondary N) is 1. The average Bonchev–Trinajstić information content (AvgIpc) is 3.25. The Labute approximate surface area is 166 Å². The first-order chi connectivity index (χ1) is 13.4. The van der Waals surface area contributed by atoms with Gasteiger partial charge in [0, 0.05) is 29.3 Å². The lowest BCUT2D eigenvalue weighted by atomic mass is 10.2. The third kappa shape index (κ3) is 4.19. The second-order valence-electron chi connectivity index (χ2n) is 6.36. The molecule has 0 saturated carbocycles. The van der Waals surface area contributed by atoms with Crippen LogP contribution in [0.2, 0.25) is 0 Å². The number of esters is 1. The molecule has 3 rings (SSSR count). The van der Waals surface area contributed by atoms with Gasteiger partial charge in [0.15, 0.2) is 6.10 Å². The maximum atomic E-state index is 12.6. The van der Waals surface area contributed by atoms with Gasteiger partial charge >= 0.3 is 12.0 Å². The van der Waals surface area contributed by atoms with Crippen molar-refractivity contribution in [3.05, 3.63) is 46.8 Å². The normalized spacial score (nSPS) is 14.7. The number of thioether (sulfide) groups is 1. The van der Waals surface area contributed by atoms with Crippen LogP contribution in [-0.2, 0) is 15.3 Å². The van der Waals surface area contributed by atoms with Crippen molar-refractivity contribution in [1.29, 1.82) is 0 Å². The molecule has 2 aromatic rings. The lowest BCUT2D eigenvalue weighted by Crippen LogP contribution is -2.41. The van der Waals surface area contributed by atoms with E-state index in [1.807, 2.05) is 26.0 Å². The first-order valence-corrected chi connectivity index (χ1v) is 9.80. The zero-order chi connectivity index (χ0) is 20.3. The molecule has 28 heavy (non-hydrogen) atoms. The number of amides is 3. The Morgan fingerprint density at radius 2 is 2.11 bits per heavy atom. The van der Waals surface area contributed by atoms with E-state index in [4.69, 9.17) is 9.26 Å². The van der Waals surface area contributed by atoms with Crippen molar-refractivity contribution in [1.82, 2.24) is 15.4 Å². The lowest BCUT2D eigenvalue weighted by Gasteiger charge is -2.18. The molecule has 1 aromatic carbocycles. The summed E-state index contributed by atoms with van der Waals surface area (Å²) in [7, 11) is 0. The van der Waals surface area contributed by atoms with E-state index < -0.39 is 24.0 Å². The standard InChI is InChI=1S/C19H21N3O5S/c1-11-15(12(2)27-21-11)10-28-16-7-5-4-6-14(16)18(24)26-13(3)17(23)22-9-8-20-19(22)25/h4-7,13H,8-10H2,1-3H3,(H,20,25)/t13-/m0/s1. The summed E-state index contributed by atoms with van der Waals surface area (Å²) in [4.78, 5) is 38.4. The second-order valence-corrected chi connectivity index (χ2v) is 7.37. The molecule has 1 atom stereocenters. The van der Waals surface area contributed by atoms with E-state index in [-0.39, 0.29) is 6.54 Å². The van der Waals surface area contributed by atoms with Gasteiger partial charge in [-0.3, -0.25) is 9.69 Å². The van der Waals surface area contributed by atoms with Gasteiger partial charge in [-0.05, 0) is 32.9 Å². The van der Waals surface area contributed by atoms with E-state index in [0.717, 1.165) is 26.8 Å². The largest absolute Gasteiger partial charge is 0.449 e. The number of aryl methyl sites for hydroxylation is 2. The number of hydrogen-bond acceptors (Lipinski definition) is 7. The predicted molar refractivity (Wildman–Crippen MR) is 102 cm³/mol. The highest BCUT2D eigenvalue weighted by Gasteiger charge is 2.32. The van der Waals surface area contributed by atoms with E-state index in [9.17, 15) is 14.4 Å². The van der Waals surface area contributed by atoms with Gasteiger partial charge in [-0.15, -0.1) is 11.8 Å². The molecule has 2 heterocycles. The van der Waals surface area contributed by atoms with Gasteiger partial charge in [-0.2, -0.15) is 0 Å². The van der Waals surface area contributed by atoms with Crippen molar-refractivity contribution in [3.63, 3.8) is 0 Å². The molecular formula is C19H21N3O5S. The summed E-state index contributed by atoms with van der Waals surface area (Å²) < 4.78 is 10.5. The van der Waals surface area contributed by atoms with Gasteiger partial charge in [-0.25, -0.2) is 9.59 Å². The SMILES string of the molecule is Cc1noc(C)c1CSc1ccccc1C(=O)O[C@@H](C)C(=O)N1CCNC1=O. The number of carbonyl (C=O) groups is 3. The Balaban J connectivity index is 1.68. The van der Waals surface area contributed by atoms with Crippen LogP contribution in [0.4, 0.5) is 4.79 Å². The highest BCUT2D eigenvalue weighted by Crippen LogP contribution is 2.29. The smallest absolute Gasteiger partial charge is 0.340 e. The Morgan fingerprint density at radius 3 is 2.75 bits per heavy atom. The van der Waals surface area contributed by atoms with Gasteiger partial charge in [0.2, 0.25) is 0 Å². The van der Waals surface area contributed by atoms with Crippen molar-refractivity contribution < 1.29 is 23.6 Å². The topological polar surface area (TPSA) is 102 Å². The summed E-state index contributed by atoms with van der Waals surface area (Å²) in [6, 6.07) is 6.56. The highest BCUT2D eigenvalue weighted by molar-refractivity contribution is 7.98. The molecule has 0 aliphatic carbocycles. The number of imide groups is 1. The molecule has 3 amide bonds. The van der Waals surface area contributed by atoms with Crippen molar-refractivity contribution in [3.8, 4) is 0 Å². The average molecular weight is 403 g/mol. The third-order valence-electron chi connectivity index (χ3n) is 4.41. The lowest BCUT2D eigenvalue weighted by molar-refractivity contribution is -0.136. The minimum absolute atomic E-state index is 0.267. The van der Waals surface area contributed by atoms with E-state index in [0.29, 0.717) is 17.9 Å². The Morgan fingerprint density at radius 1 is 1.36 bits per heavy atom. The minimum Gasteiger partial charge on any atom is -0.449 e. The number of nitrogens with zero attached hydrogens (tertiary/aromatic N) is 2. The molecule has 1 aliphatic heterocycles. The molecular weight excluding hydrogens is 382 g/mol. The molecule has 0 bridgehead atoms. The predicted octanol–water partition coefficient (Wildman–Crippen LogP) is 2.68. The second kappa shape index (κ2) is 8.47. The number of ether oxygens (including phenoxy) is 1. The number of carbonyl (C=O) groups excluding carboxylic acids is 3. The van der Waals surface area contributed by atoms with Gasteiger partial charge in [0.25, 0.3) is 5.91 Å². The van der Waals surface area contributed by atoms with Crippen molar-refractivity contribution in [2.75, 3.05) is 13.1 Å². The zero-order valence-corrected chi connectivity index (χ0v) is 16.7. The zero-order valence-electron chi connectivity index (χ0n) is 15.9. The molecule has 0 unspecified atom stereocenters. The van der Waals surface area contributed by atoms with Crippen LogP contribution in [0.3, 0.4) is 0 Å². The van der Waals surface area contributed by atoms with Gasteiger partial charge in [0.1, 0.15) is 5.76 Å². The third-order valence-corrected chi connectivity index (χ3v) is 5.51. The summed E-state index contributed by atoms with van der Waals surface area (Å²) in [6.07, 6.45) is -1.06. The molecule has 1 aliphatic rings. The molecule has 9 heteroatoms. The van der Waals surface area contributed by atoms with Crippen LogP contribution in [-0.4, -0.2) is 47.2 Å². The van der Waals surface area contributed by atoms with Crippen molar-refractivity contribution in [2.45, 2.75) is 37.5 Å². The number of hydrogen-bond donors (Lipinski definition) is 1. The molecule has 1 N–H and O–H groups in total. The summed E-state index contributed by atoms with van der Waals surface area (Å²) in [6.45, 7) is 5.84. The van der Waals surface area contributed by atoms with Crippen LogP contribution >= 0.6 is 11.8 Å². The molecule has 1 fully saturated rings. The molecule has 1 saturated heterocycles. The summed E-state index contributed by atoms with van der Waals surface area (Å²) in [5.74, 6) is 0.188. The number of urea groups is 1. The summed E-state index contributed by atoms with van der Waals surface area (Å²) >= 11 is 1.46. The first kappa shape index (κ1) is 19.9. The van der Waals surface area contributed by atoms with E-state index in [2.05, 4.69) is 10.5 Å². The molecule has 0 radical (unpaired) electrons. The molecule has 0 spiro atoms. The fourth-order valence-corrected chi connectivity index (χ4v) is 3.99. The van der Waals surface area contributed by atoms with Crippen molar-refractivity contribution in [2.24, 2.45) is 0 Å². The van der Waals surface area contributed by atoms with E-state index >= 15 is 0 Å². The maximum Gasteiger partial charge on any atom is 0.340 e. The monoisotopic (exact) mass is 403 g/mol.